The van der Waals surface area contributed by atoms with Crippen LogP contribution in [0.4, 0.5) is 4.39 Å². The molecule has 2 aliphatic carbocycles. The van der Waals surface area contributed by atoms with Gasteiger partial charge in [0.15, 0.2) is 4.77 Å². The summed E-state index contributed by atoms with van der Waals surface area (Å²) in [5.74, 6) is 0.673. The van der Waals surface area contributed by atoms with E-state index in [0.717, 1.165) is 18.0 Å². The fourth-order valence-electron chi connectivity index (χ4n) is 3.17. The van der Waals surface area contributed by atoms with Crippen LogP contribution < -0.4 is 0 Å². The average molecular weight is 262 g/mol. The molecule has 1 aromatic carbocycles. The van der Waals surface area contributed by atoms with Crippen LogP contribution in [0.5, 0.6) is 0 Å². The average Bonchev–Trinajstić information content (AvgIpc) is 3.23. The van der Waals surface area contributed by atoms with Crippen molar-refractivity contribution in [1.29, 1.82) is 0 Å². The Balaban J connectivity index is 1.82. The van der Waals surface area contributed by atoms with Gasteiger partial charge in [-0.05, 0) is 61.4 Å². The molecule has 4 rings (SSSR count). The number of imidazole rings is 1. The molecule has 1 heterocycles. The van der Waals surface area contributed by atoms with Crippen LogP contribution >= 0.6 is 12.2 Å². The van der Waals surface area contributed by atoms with Crippen molar-refractivity contribution < 1.29 is 4.39 Å². The summed E-state index contributed by atoms with van der Waals surface area (Å²) in [6.07, 6.45) is 5.34. The number of nitrogens with one attached hydrogen (secondary N) is 1. The summed E-state index contributed by atoms with van der Waals surface area (Å²) in [5.41, 5.74) is 1.93. The van der Waals surface area contributed by atoms with E-state index in [0.29, 0.717) is 15.7 Å². The molecule has 2 aliphatic rings. The zero-order chi connectivity index (χ0) is 12.3. The highest BCUT2D eigenvalue weighted by molar-refractivity contribution is 7.71. The number of H-pyrrole nitrogens is 1. The first kappa shape index (κ1) is 10.7. The van der Waals surface area contributed by atoms with Gasteiger partial charge < -0.3 is 9.55 Å². The van der Waals surface area contributed by atoms with Gasteiger partial charge in [0, 0.05) is 6.54 Å². The first-order valence-electron chi connectivity index (χ1n) is 6.57. The molecule has 4 heteroatoms. The molecule has 1 aromatic heterocycles. The maximum atomic E-state index is 13.7. The van der Waals surface area contributed by atoms with Crippen LogP contribution in [0.25, 0.3) is 11.0 Å². The highest BCUT2D eigenvalue weighted by Crippen LogP contribution is 2.62. The Morgan fingerprint density at radius 1 is 1.39 bits per heavy atom. The molecule has 0 amide bonds. The fraction of sp³-hybridized carbons (Fsp3) is 0.500. The number of rotatable bonds is 3. The quantitative estimate of drug-likeness (QED) is 0.828. The van der Waals surface area contributed by atoms with E-state index in [2.05, 4.69) is 9.55 Å². The van der Waals surface area contributed by atoms with E-state index < -0.39 is 0 Å². The van der Waals surface area contributed by atoms with Gasteiger partial charge in [-0.1, -0.05) is 6.07 Å². The highest BCUT2D eigenvalue weighted by atomic mass is 32.1. The largest absolute Gasteiger partial charge is 0.328 e. The number of nitrogens with zero attached hydrogens (tertiary/aromatic N) is 1. The Hall–Kier alpha value is -1.16. The van der Waals surface area contributed by atoms with Crippen LogP contribution in [0.15, 0.2) is 18.2 Å². The summed E-state index contributed by atoms with van der Waals surface area (Å²) < 4.78 is 16.5. The van der Waals surface area contributed by atoms with Crippen molar-refractivity contribution in [3.63, 3.8) is 0 Å². The summed E-state index contributed by atoms with van der Waals surface area (Å²) in [4.78, 5) is 3.01. The van der Waals surface area contributed by atoms with E-state index >= 15 is 0 Å². The van der Waals surface area contributed by atoms with Crippen molar-refractivity contribution >= 4 is 23.3 Å². The second-order valence-electron chi connectivity index (χ2n) is 5.79. The Morgan fingerprint density at radius 3 is 2.83 bits per heavy atom. The number of hydrogen-bond donors (Lipinski definition) is 1. The molecule has 0 radical (unpaired) electrons. The first-order chi connectivity index (χ1) is 8.70. The maximum absolute atomic E-state index is 13.7. The van der Waals surface area contributed by atoms with E-state index in [1.54, 1.807) is 6.07 Å². The monoisotopic (exact) mass is 262 g/mol. The molecule has 1 N–H and O–H groups in total. The van der Waals surface area contributed by atoms with Gasteiger partial charge in [0.05, 0.1) is 5.52 Å². The zero-order valence-corrected chi connectivity index (χ0v) is 10.9. The predicted molar refractivity (Wildman–Crippen MR) is 71.5 cm³/mol. The molecule has 2 fully saturated rings. The van der Waals surface area contributed by atoms with Crippen LogP contribution in [0.2, 0.25) is 0 Å². The van der Waals surface area contributed by atoms with Gasteiger partial charge in [-0.2, -0.15) is 0 Å². The van der Waals surface area contributed by atoms with Crippen LogP contribution in [0, 0.1) is 21.9 Å². The van der Waals surface area contributed by atoms with Crippen LogP contribution in [-0.4, -0.2) is 9.55 Å². The molecule has 0 unspecified atom stereocenters. The number of benzene rings is 1. The third-order valence-corrected chi connectivity index (χ3v) is 4.89. The second-order valence-corrected chi connectivity index (χ2v) is 6.17. The molecule has 0 saturated heterocycles. The Morgan fingerprint density at radius 2 is 2.17 bits per heavy atom. The Kier molecular flexibility index (Phi) is 2.05. The van der Waals surface area contributed by atoms with Crippen molar-refractivity contribution in [1.82, 2.24) is 9.55 Å². The summed E-state index contributed by atoms with van der Waals surface area (Å²) in [5, 5.41) is 0. The van der Waals surface area contributed by atoms with E-state index in [4.69, 9.17) is 12.2 Å². The van der Waals surface area contributed by atoms with Crippen LogP contribution in [0.3, 0.4) is 0 Å². The fourth-order valence-corrected chi connectivity index (χ4v) is 3.43. The van der Waals surface area contributed by atoms with Gasteiger partial charge in [-0.3, -0.25) is 0 Å². The minimum atomic E-state index is -0.214. The van der Waals surface area contributed by atoms with Gasteiger partial charge in [0.2, 0.25) is 0 Å². The standard InChI is InChI=1S/C14H15FN2S/c15-10-2-1-3-11-12(10)16-13(18)17(11)8-14(6-7-14)9-4-5-9/h1-3,9H,4-8H2,(H,16,18). The maximum Gasteiger partial charge on any atom is 0.178 e. The van der Waals surface area contributed by atoms with Crippen LogP contribution in [0.1, 0.15) is 25.7 Å². The van der Waals surface area contributed by atoms with E-state index in [1.165, 1.54) is 31.7 Å². The number of aromatic nitrogens is 2. The van der Waals surface area contributed by atoms with Crippen molar-refractivity contribution in [3.05, 3.63) is 28.8 Å². The van der Waals surface area contributed by atoms with Crippen molar-refractivity contribution in [3.8, 4) is 0 Å². The van der Waals surface area contributed by atoms with Crippen molar-refractivity contribution in [2.75, 3.05) is 0 Å². The van der Waals surface area contributed by atoms with Gasteiger partial charge in [0.25, 0.3) is 0 Å². The molecule has 0 spiro atoms. The number of para-hydroxylation sites is 1. The van der Waals surface area contributed by atoms with Crippen molar-refractivity contribution in [2.24, 2.45) is 11.3 Å². The number of hydrogen-bond acceptors (Lipinski definition) is 1. The molecule has 0 aliphatic heterocycles. The number of halogens is 1. The van der Waals surface area contributed by atoms with Gasteiger partial charge in [-0.15, -0.1) is 0 Å². The smallest absolute Gasteiger partial charge is 0.178 e. The first-order valence-corrected chi connectivity index (χ1v) is 6.97. The topological polar surface area (TPSA) is 20.7 Å². The lowest BCUT2D eigenvalue weighted by atomic mass is 10.0. The molecule has 2 aromatic rings. The molecule has 0 atom stereocenters. The molecule has 94 valence electrons. The lowest BCUT2D eigenvalue weighted by Gasteiger charge is -2.15. The third-order valence-electron chi connectivity index (χ3n) is 4.57. The minimum absolute atomic E-state index is 0.214. The number of aromatic amines is 1. The van der Waals surface area contributed by atoms with E-state index in [-0.39, 0.29) is 5.82 Å². The molecule has 0 bridgehead atoms. The number of fused-ring (bicyclic) bond motifs is 1. The van der Waals surface area contributed by atoms with Gasteiger partial charge in [-0.25, -0.2) is 4.39 Å². The van der Waals surface area contributed by atoms with Crippen LogP contribution in [-0.2, 0) is 6.54 Å². The lowest BCUT2D eigenvalue weighted by molar-refractivity contribution is 0.373. The van der Waals surface area contributed by atoms with Crippen molar-refractivity contribution in [2.45, 2.75) is 32.2 Å². The minimum Gasteiger partial charge on any atom is -0.328 e. The van der Waals surface area contributed by atoms with Gasteiger partial charge in [0.1, 0.15) is 11.3 Å². The lowest BCUT2D eigenvalue weighted by Crippen LogP contribution is -2.13. The molecule has 18 heavy (non-hydrogen) atoms. The SMILES string of the molecule is Fc1cccc2c1[nH]c(=S)n2CC1(C2CC2)CC1. The third kappa shape index (κ3) is 1.48. The summed E-state index contributed by atoms with van der Waals surface area (Å²) in [6, 6.07) is 5.19. The van der Waals surface area contributed by atoms with E-state index in [1.807, 2.05) is 6.07 Å². The zero-order valence-electron chi connectivity index (χ0n) is 10.1. The summed E-state index contributed by atoms with van der Waals surface area (Å²) >= 11 is 5.36. The second kappa shape index (κ2) is 3.44. The predicted octanol–water partition coefficient (Wildman–Crippen LogP) is 4.03. The summed E-state index contributed by atoms with van der Waals surface area (Å²) in [6.45, 7) is 0.958. The molecular formula is C14H15FN2S. The highest BCUT2D eigenvalue weighted by Gasteiger charge is 2.53. The Labute approximate surface area is 110 Å². The molecule has 2 nitrogen and oxygen atoms in total. The van der Waals surface area contributed by atoms with E-state index in [9.17, 15) is 4.39 Å². The molecular weight excluding hydrogens is 247 g/mol. The Bertz CT molecular complexity index is 677. The normalized spacial score (nSPS) is 21.4. The summed E-state index contributed by atoms with van der Waals surface area (Å²) in [7, 11) is 0. The van der Waals surface area contributed by atoms with Gasteiger partial charge >= 0.3 is 0 Å². The molecule has 2 saturated carbocycles.